The van der Waals surface area contributed by atoms with Gasteiger partial charge in [-0.15, -0.1) is 0 Å². The van der Waals surface area contributed by atoms with E-state index in [-0.39, 0.29) is 18.2 Å². The van der Waals surface area contributed by atoms with Crippen LogP contribution in [-0.4, -0.2) is 12.2 Å². The minimum Gasteiger partial charge on any atom is -0.288 e. The standard InChI is InChI=1S/C10H4F8O/c11-8(12)7(19)5-2-1-4(9(13,14)15)3-6(5)10(16,17)18/h1-3,8H. The highest BCUT2D eigenvalue weighted by atomic mass is 19.4. The molecular formula is C10H4F8O. The largest absolute Gasteiger partial charge is 0.417 e. The molecular weight excluding hydrogens is 288 g/mol. The quantitative estimate of drug-likeness (QED) is 0.590. The number of rotatable bonds is 2. The van der Waals surface area contributed by atoms with Gasteiger partial charge >= 0.3 is 18.8 Å². The number of ketones is 1. The Morgan fingerprint density at radius 3 is 1.84 bits per heavy atom. The third-order valence-electron chi connectivity index (χ3n) is 2.12. The monoisotopic (exact) mass is 292 g/mol. The van der Waals surface area contributed by atoms with Crippen LogP contribution in [0.3, 0.4) is 0 Å². The molecule has 0 spiro atoms. The minimum atomic E-state index is -5.35. The van der Waals surface area contributed by atoms with Crippen molar-refractivity contribution in [1.82, 2.24) is 0 Å². The topological polar surface area (TPSA) is 17.1 Å². The van der Waals surface area contributed by atoms with Crippen molar-refractivity contribution in [3.05, 3.63) is 34.9 Å². The molecule has 0 aliphatic heterocycles. The lowest BCUT2D eigenvalue weighted by molar-refractivity contribution is -0.143. The fraction of sp³-hybridized carbons (Fsp3) is 0.300. The van der Waals surface area contributed by atoms with E-state index in [0.717, 1.165) is 0 Å². The SMILES string of the molecule is O=C(c1ccc(C(F)(F)F)cc1C(F)(F)F)C(F)F. The molecule has 1 nitrogen and oxygen atoms in total. The van der Waals surface area contributed by atoms with Gasteiger partial charge in [-0.05, 0) is 18.2 Å². The highest BCUT2D eigenvalue weighted by Crippen LogP contribution is 2.37. The number of alkyl halides is 8. The van der Waals surface area contributed by atoms with E-state index in [0.29, 0.717) is 0 Å². The van der Waals surface area contributed by atoms with Crippen LogP contribution in [0.25, 0.3) is 0 Å². The summed E-state index contributed by atoms with van der Waals surface area (Å²) in [5, 5.41) is 0. The van der Waals surface area contributed by atoms with Crippen molar-refractivity contribution in [3.8, 4) is 0 Å². The smallest absolute Gasteiger partial charge is 0.288 e. The molecule has 19 heavy (non-hydrogen) atoms. The van der Waals surface area contributed by atoms with Crippen molar-refractivity contribution < 1.29 is 39.9 Å². The van der Waals surface area contributed by atoms with Crippen molar-refractivity contribution in [1.29, 1.82) is 0 Å². The van der Waals surface area contributed by atoms with E-state index in [2.05, 4.69) is 0 Å². The van der Waals surface area contributed by atoms with Crippen LogP contribution < -0.4 is 0 Å². The molecule has 1 aromatic rings. The van der Waals surface area contributed by atoms with E-state index in [4.69, 9.17) is 0 Å². The van der Waals surface area contributed by atoms with Gasteiger partial charge in [0.05, 0.1) is 11.1 Å². The number of benzene rings is 1. The molecule has 0 saturated heterocycles. The Morgan fingerprint density at radius 2 is 1.47 bits per heavy atom. The Bertz CT molecular complexity index is 485. The van der Waals surface area contributed by atoms with Crippen LogP contribution in [0.2, 0.25) is 0 Å². The molecule has 1 aromatic carbocycles. The lowest BCUT2D eigenvalue weighted by Gasteiger charge is -2.14. The van der Waals surface area contributed by atoms with Gasteiger partial charge in [-0.3, -0.25) is 4.79 Å². The minimum absolute atomic E-state index is 0.0974. The van der Waals surface area contributed by atoms with Crippen LogP contribution in [0.15, 0.2) is 18.2 Å². The Hall–Kier alpha value is -1.67. The van der Waals surface area contributed by atoms with E-state index in [9.17, 15) is 39.9 Å². The van der Waals surface area contributed by atoms with E-state index in [1.54, 1.807) is 0 Å². The van der Waals surface area contributed by atoms with Gasteiger partial charge < -0.3 is 0 Å². The van der Waals surface area contributed by atoms with Gasteiger partial charge in [-0.25, -0.2) is 8.78 Å². The van der Waals surface area contributed by atoms with E-state index in [1.807, 2.05) is 0 Å². The van der Waals surface area contributed by atoms with Crippen LogP contribution >= 0.6 is 0 Å². The molecule has 0 aromatic heterocycles. The zero-order valence-electron chi connectivity index (χ0n) is 8.74. The van der Waals surface area contributed by atoms with Crippen LogP contribution in [0, 0.1) is 0 Å². The molecule has 0 unspecified atom stereocenters. The predicted molar refractivity (Wildman–Crippen MR) is 46.8 cm³/mol. The molecule has 9 heteroatoms. The van der Waals surface area contributed by atoms with Crippen LogP contribution in [0.4, 0.5) is 35.1 Å². The summed E-state index contributed by atoms with van der Waals surface area (Å²) in [6.07, 6.45) is -14.2. The number of carbonyl (C=O) groups excluding carboxylic acids is 1. The summed E-state index contributed by atoms with van der Waals surface area (Å²) in [6, 6.07) is -0.124. The number of halogens is 8. The fourth-order valence-electron chi connectivity index (χ4n) is 1.29. The van der Waals surface area contributed by atoms with Crippen molar-refractivity contribution >= 4 is 5.78 Å². The van der Waals surface area contributed by atoms with Gasteiger partial charge in [0.15, 0.2) is 0 Å². The van der Waals surface area contributed by atoms with Crippen molar-refractivity contribution in [2.75, 3.05) is 0 Å². The lowest BCUT2D eigenvalue weighted by Crippen LogP contribution is -2.19. The number of carbonyl (C=O) groups is 1. The summed E-state index contributed by atoms with van der Waals surface area (Å²) in [6.45, 7) is 0. The third-order valence-corrected chi connectivity index (χ3v) is 2.12. The first-order chi connectivity index (χ1) is 8.44. The maximum absolute atomic E-state index is 12.5. The summed E-state index contributed by atoms with van der Waals surface area (Å²) in [5.74, 6) is -2.18. The zero-order chi connectivity index (χ0) is 15.0. The molecule has 0 fully saturated rings. The molecule has 0 heterocycles. The molecule has 0 radical (unpaired) electrons. The van der Waals surface area contributed by atoms with Crippen molar-refractivity contribution in [3.63, 3.8) is 0 Å². The first kappa shape index (κ1) is 15.4. The highest BCUT2D eigenvalue weighted by Gasteiger charge is 2.40. The molecule has 0 amide bonds. The molecule has 0 saturated carbocycles. The summed E-state index contributed by atoms with van der Waals surface area (Å²) >= 11 is 0. The van der Waals surface area contributed by atoms with E-state index >= 15 is 0 Å². The molecule has 0 atom stereocenters. The van der Waals surface area contributed by atoms with Gasteiger partial charge in [0.1, 0.15) is 0 Å². The summed E-state index contributed by atoms with van der Waals surface area (Å²) in [5.41, 5.74) is -5.20. The molecule has 0 N–H and O–H groups in total. The Morgan fingerprint density at radius 1 is 0.947 bits per heavy atom. The second-order valence-corrected chi connectivity index (χ2v) is 3.42. The maximum Gasteiger partial charge on any atom is 0.417 e. The third kappa shape index (κ3) is 3.42. The molecule has 106 valence electrons. The molecule has 0 aliphatic rings. The van der Waals surface area contributed by atoms with Gasteiger partial charge in [-0.1, -0.05) is 0 Å². The summed E-state index contributed by atoms with van der Waals surface area (Å²) < 4.78 is 98.3. The van der Waals surface area contributed by atoms with Crippen LogP contribution in [0.5, 0.6) is 0 Å². The fourth-order valence-corrected chi connectivity index (χ4v) is 1.29. The Balaban J connectivity index is 3.47. The van der Waals surface area contributed by atoms with Crippen molar-refractivity contribution in [2.45, 2.75) is 18.8 Å². The number of hydrogen-bond donors (Lipinski definition) is 0. The molecule has 1 rings (SSSR count). The van der Waals surface area contributed by atoms with Crippen LogP contribution in [-0.2, 0) is 12.4 Å². The Labute approximate surface area is 100 Å². The van der Waals surface area contributed by atoms with Gasteiger partial charge in [-0.2, -0.15) is 26.3 Å². The maximum atomic E-state index is 12.5. The average molecular weight is 292 g/mol. The Kier molecular flexibility index (Phi) is 3.87. The van der Waals surface area contributed by atoms with Gasteiger partial charge in [0, 0.05) is 5.56 Å². The van der Waals surface area contributed by atoms with Crippen molar-refractivity contribution in [2.24, 2.45) is 0 Å². The second kappa shape index (κ2) is 4.78. The zero-order valence-corrected chi connectivity index (χ0v) is 8.74. The van der Waals surface area contributed by atoms with Crippen LogP contribution in [0.1, 0.15) is 21.5 Å². The second-order valence-electron chi connectivity index (χ2n) is 3.42. The lowest BCUT2D eigenvalue weighted by atomic mass is 10.00. The van der Waals surface area contributed by atoms with Gasteiger partial charge in [0.25, 0.3) is 0 Å². The first-order valence-corrected chi connectivity index (χ1v) is 4.55. The highest BCUT2D eigenvalue weighted by molar-refractivity contribution is 6.00. The van der Waals surface area contributed by atoms with E-state index < -0.39 is 41.3 Å². The molecule has 0 bridgehead atoms. The predicted octanol–water partition coefficient (Wildman–Crippen LogP) is 4.17. The molecule has 0 aliphatic carbocycles. The average Bonchev–Trinajstić information content (AvgIpc) is 2.24. The summed E-state index contributed by atoms with van der Waals surface area (Å²) in [7, 11) is 0. The van der Waals surface area contributed by atoms with E-state index in [1.165, 1.54) is 0 Å². The summed E-state index contributed by atoms with van der Waals surface area (Å²) in [4.78, 5) is 10.8. The normalized spacial score (nSPS) is 12.9. The van der Waals surface area contributed by atoms with Gasteiger partial charge in [0.2, 0.25) is 5.78 Å². The number of hydrogen-bond acceptors (Lipinski definition) is 1. The first-order valence-electron chi connectivity index (χ1n) is 4.55. The number of Topliss-reactive ketones (excluding diaryl/α,β-unsaturated/α-hetero) is 1.